The molecule has 1 aromatic carbocycles. The van der Waals surface area contributed by atoms with E-state index in [-0.39, 0.29) is 16.1 Å². The van der Waals surface area contributed by atoms with Gasteiger partial charge in [0.1, 0.15) is 16.4 Å². The van der Waals surface area contributed by atoms with E-state index in [1.54, 1.807) is 13.0 Å². The Labute approximate surface area is 113 Å². The van der Waals surface area contributed by atoms with E-state index >= 15 is 0 Å². The molecule has 0 fully saturated rings. The van der Waals surface area contributed by atoms with E-state index in [4.69, 9.17) is 15.6 Å². The lowest BCUT2D eigenvalue weighted by atomic mass is 10.1. The molecule has 0 aliphatic heterocycles. The van der Waals surface area contributed by atoms with Crippen LogP contribution in [0, 0.1) is 12.7 Å². The standard InChI is InChI=1S/C13H12FNO3S/c1-6-10(15)12(13(16)17)19-11(6)9-7(14)4-3-5-8(9)18-2/h3-5H,15H2,1-2H3,(H,16,17). The van der Waals surface area contributed by atoms with Gasteiger partial charge in [0.05, 0.1) is 18.4 Å². The molecule has 0 spiro atoms. The van der Waals surface area contributed by atoms with Crippen LogP contribution >= 0.6 is 11.3 Å². The van der Waals surface area contributed by atoms with Gasteiger partial charge in [0.25, 0.3) is 0 Å². The first-order valence-electron chi connectivity index (χ1n) is 5.42. The highest BCUT2D eigenvalue weighted by Gasteiger charge is 2.22. The number of nitrogens with two attached hydrogens (primary N) is 1. The van der Waals surface area contributed by atoms with Crippen LogP contribution in [0.15, 0.2) is 18.2 Å². The number of anilines is 1. The molecule has 0 radical (unpaired) electrons. The third-order valence-electron chi connectivity index (χ3n) is 2.81. The molecule has 0 unspecified atom stereocenters. The lowest BCUT2D eigenvalue weighted by molar-refractivity contribution is 0.0703. The first kappa shape index (κ1) is 13.4. The number of aromatic carboxylic acids is 1. The minimum Gasteiger partial charge on any atom is -0.496 e. The maximum Gasteiger partial charge on any atom is 0.348 e. The van der Waals surface area contributed by atoms with Crippen molar-refractivity contribution in [3.05, 3.63) is 34.5 Å². The summed E-state index contributed by atoms with van der Waals surface area (Å²) >= 11 is 0.946. The van der Waals surface area contributed by atoms with Gasteiger partial charge in [0.15, 0.2) is 0 Å². The van der Waals surface area contributed by atoms with Crippen molar-refractivity contribution in [2.45, 2.75) is 6.92 Å². The fourth-order valence-electron chi connectivity index (χ4n) is 1.82. The Hall–Kier alpha value is -2.08. The van der Waals surface area contributed by atoms with Gasteiger partial charge in [-0.25, -0.2) is 9.18 Å². The van der Waals surface area contributed by atoms with Crippen molar-refractivity contribution in [1.82, 2.24) is 0 Å². The molecule has 1 aromatic heterocycles. The number of benzene rings is 1. The molecule has 0 saturated heterocycles. The zero-order valence-corrected chi connectivity index (χ0v) is 11.2. The van der Waals surface area contributed by atoms with Crippen molar-refractivity contribution in [2.24, 2.45) is 0 Å². The number of methoxy groups -OCH3 is 1. The average molecular weight is 281 g/mol. The van der Waals surface area contributed by atoms with Gasteiger partial charge in [-0.2, -0.15) is 0 Å². The summed E-state index contributed by atoms with van der Waals surface area (Å²) in [6, 6.07) is 4.45. The fraction of sp³-hybridized carbons (Fsp3) is 0.154. The molecule has 19 heavy (non-hydrogen) atoms. The number of ether oxygens (including phenoxy) is 1. The highest BCUT2D eigenvalue weighted by Crippen LogP contribution is 2.43. The first-order valence-corrected chi connectivity index (χ1v) is 6.24. The van der Waals surface area contributed by atoms with Crippen molar-refractivity contribution >= 4 is 23.0 Å². The predicted octanol–water partition coefficient (Wildman–Crippen LogP) is 3.15. The van der Waals surface area contributed by atoms with Crippen LogP contribution in [0.4, 0.5) is 10.1 Å². The molecular formula is C13H12FNO3S. The average Bonchev–Trinajstić information content (AvgIpc) is 2.66. The Kier molecular flexibility index (Phi) is 3.44. The Morgan fingerprint density at radius 3 is 2.68 bits per heavy atom. The van der Waals surface area contributed by atoms with Gasteiger partial charge < -0.3 is 15.6 Å². The zero-order valence-electron chi connectivity index (χ0n) is 10.4. The summed E-state index contributed by atoms with van der Waals surface area (Å²) in [5, 5.41) is 9.05. The Morgan fingerprint density at radius 1 is 1.47 bits per heavy atom. The van der Waals surface area contributed by atoms with E-state index in [0.717, 1.165) is 11.3 Å². The maximum absolute atomic E-state index is 14.0. The number of carbonyl (C=O) groups is 1. The van der Waals surface area contributed by atoms with Gasteiger partial charge >= 0.3 is 5.97 Å². The Balaban J connectivity index is 2.73. The molecule has 2 aromatic rings. The Morgan fingerprint density at radius 2 is 2.16 bits per heavy atom. The SMILES string of the molecule is COc1cccc(F)c1-c1sc(C(=O)O)c(N)c1C. The smallest absolute Gasteiger partial charge is 0.348 e. The van der Waals surface area contributed by atoms with Gasteiger partial charge in [0, 0.05) is 4.88 Å². The molecular weight excluding hydrogens is 269 g/mol. The van der Waals surface area contributed by atoms with Crippen LogP contribution in [0.2, 0.25) is 0 Å². The van der Waals surface area contributed by atoms with Gasteiger partial charge in [-0.15, -0.1) is 11.3 Å². The lowest BCUT2D eigenvalue weighted by Gasteiger charge is -2.08. The minimum atomic E-state index is -1.12. The van der Waals surface area contributed by atoms with Crippen molar-refractivity contribution in [3.63, 3.8) is 0 Å². The molecule has 0 amide bonds. The van der Waals surface area contributed by atoms with Gasteiger partial charge in [-0.05, 0) is 24.6 Å². The van der Waals surface area contributed by atoms with E-state index in [1.807, 2.05) is 0 Å². The van der Waals surface area contributed by atoms with Crippen LogP contribution in [0.1, 0.15) is 15.2 Å². The van der Waals surface area contributed by atoms with Crippen molar-refractivity contribution in [2.75, 3.05) is 12.8 Å². The molecule has 0 aliphatic carbocycles. The summed E-state index contributed by atoms with van der Waals surface area (Å²) in [6.07, 6.45) is 0. The molecule has 1 heterocycles. The molecule has 0 aliphatic rings. The topological polar surface area (TPSA) is 72.5 Å². The van der Waals surface area contributed by atoms with E-state index < -0.39 is 11.8 Å². The molecule has 2 rings (SSSR count). The zero-order chi connectivity index (χ0) is 14.2. The highest BCUT2D eigenvalue weighted by molar-refractivity contribution is 7.18. The number of carboxylic acid groups (broad SMARTS) is 1. The van der Waals surface area contributed by atoms with Gasteiger partial charge in [-0.3, -0.25) is 0 Å². The number of thiophene rings is 1. The molecule has 0 atom stereocenters. The number of hydrogen-bond donors (Lipinski definition) is 2. The molecule has 100 valence electrons. The highest BCUT2D eigenvalue weighted by atomic mass is 32.1. The predicted molar refractivity (Wildman–Crippen MR) is 72.4 cm³/mol. The summed E-state index contributed by atoms with van der Waals surface area (Å²) in [7, 11) is 1.43. The summed E-state index contributed by atoms with van der Waals surface area (Å²) in [4.78, 5) is 11.6. The summed E-state index contributed by atoms with van der Waals surface area (Å²) in [5.41, 5.74) is 6.70. The second-order valence-corrected chi connectivity index (χ2v) is 4.94. The van der Waals surface area contributed by atoms with Crippen LogP contribution in [0.25, 0.3) is 10.4 Å². The monoisotopic (exact) mass is 281 g/mol. The van der Waals surface area contributed by atoms with Crippen molar-refractivity contribution < 1.29 is 19.0 Å². The first-order chi connectivity index (χ1) is 8.97. The van der Waals surface area contributed by atoms with Crippen LogP contribution < -0.4 is 10.5 Å². The second kappa shape index (κ2) is 4.89. The summed E-state index contributed by atoms with van der Waals surface area (Å²) < 4.78 is 19.1. The van der Waals surface area contributed by atoms with Crippen molar-refractivity contribution in [1.29, 1.82) is 0 Å². The Bertz CT molecular complexity index is 652. The molecule has 0 bridgehead atoms. The van der Waals surface area contributed by atoms with Crippen LogP contribution in [0.5, 0.6) is 5.75 Å². The van der Waals surface area contributed by atoms with E-state index in [1.165, 1.54) is 19.2 Å². The lowest BCUT2D eigenvalue weighted by Crippen LogP contribution is -1.98. The molecule has 4 nitrogen and oxygen atoms in total. The number of carboxylic acids is 1. The quantitative estimate of drug-likeness (QED) is 0.906. The minimum absolute atomic E-state index is 0.0119. The fourth-order valence-corrected chi connectivity index (χ4v) is 2.94. The van der Waals surface area contributed by atoms with Gasteiger partial charge in [-0.1, -0.05) is 6.07 Å². The van der Waals surface area contributed by atoms with Crippen LogP contribution in [0.3, 0.4) is 0 Å². The molecule has 0 saturated carbocycles. The number of nitrogen functional groups attached to an aromatic ring is 1. The van der Waals surface area contributed by atoms with Crippen LogP contribution in [-0.2, 0) is 0 Å². The third-order valence-corrected chi connectivity index (χ3v) is 4.12. The van der Waals surface area contributed by atoms with Gasteiger partial charge in [0.2, 0.25) is 0 Å². The van der Waals surface area contributed by atoms with E-state index in [0.29, 0.717) is 16.2 Å². The third kappa shape index (κ3) is 2.15. The second-order valence-electron chi connectivity index (χ2n) is 3.92. The maximum atomic E-state index is 14.0. The van der Waals surface area contributed by atoms with E-state index in [2.05, 4.69) is 0 Å². The summed E-state index contributed by atoms with van der Waals surface area (Å²) in [5.74, 6) is -1.24. The van der Waals surface area contributed by atoms with Crippen LogP contribution in [-0.4, -0.2) is 18.2 Å². The largest absolute Gasteiger partial charge is 0.496 e. The van der Waals surface area contributed by atoms with Crippen molar-refractivity contribution in [3.8, 4) is 16.2 Å². The molecule has 6 heteroatoms. The number of rotatable bonds is 3. The number of halogens is 1. The molecule has 3 N–H and O–H groups in total. The van der Waals surface area contributed by atoms with E-state index in [9.17, 15) is 9.18 Å². The summed E-state index contributed by atoms with van der Waals surface area (Å²) in [6.45, 7) is 1.67. The number of hydrogen-bond acceptors (Lipinski definition) is 4. The normalized spacial score (nSPS) is 10.5.